The number of rotatable bonds is 6. The Morgan fingerprint density at radius 2 is 2.00 bits per heavy atom. The number of nitrogens with two attached hydrogens (primary N) is 2. The predicted octanol–water partition coefficient (Wildman–Crippen LogP) is 1.99. The number of amides is 1. The van der Waals surface area contributed by atoms with Gasteiger partial charge < -0.3 is 16.8 Å². The molecule has 5 heteroatoms. The van der Waals surface area contributed by atoms with Crippen LogP contribution in [0.2, 0.25) is 0 Å². The van der Waals surface area contributed by atoms with Crippen LogP contribution >= 0.6 is 0 Å². The number of nitrogens with one attached hydrogen (secondary N) is 1. The van der Waals surface area contributed by atoms with Crippen LogP contribution in [0.25, 0.3) is 0 Å². The molecule has 0 aromatic carbocycles. The average molecular weight is 290 g/mol. The summed E-state index contributed by atoms with van der Waals surface area (Å²) in [6.07, 6.45) is 5.99. The molecule has 5 nitrogen and oxygen atoms in total. The molecule has 0 bridgehead atoms. The van der Waals surface area contributed by atoms with E-state index in [4.69, 9.17) is 11.5 Å². The Hall–Kier alpha value is -1.62. The van der Waals surface area contributed by atoms with Crippen molar-refractivity contribution < 1.29 is 4.79 Å². The van der Waals surface area contributed by atoms with Gasteiger partial charge in [-0.1, -0.05) is 13.8 Å². The summed E-state index contributed by atoms with van der Waals surface area (Å²) in [7, 11) is 0. The van der Waals surface area contributed by atoms with Crippen molar-refractivity contribution >= 4 is 11.7 Å². The van der Waals surface area contributed by atoms with E-state index in [9.17, 15) is 4.79 Å². The summed E-state index contributed by atoms with van der Waals surface area (Å²) in [6, 6.07) is 1.91. The van der Waals surface area contributed by atoms with Crippen LogP contribution in [0.1, 0.15) is 61.1 Å². The summed E-state index contributed by atoms with van der Waals surface area (Å²) >= 11 is 0. The van der Waals surface area contributed by atoms with Crippen LogP contribution in [0.4, 0.5) is 5.82 Å². The molecule has 1 aliphatic carbocycles. The van der Waals surface area contributed by atoms with Gasteiger partial charge in [-0.05, 0) is 50.2 Å². The second kappa shape index (κ2) is 6.43. The first-order chi connectivity index (χ1) is 9.99. The molecule has 2 rings (SSSR count). The van der Waals surface area contributed by atoms with Crippen molar-refractivity contribution in [2.24, 2.45) is 11.5 Å². The Morgan fingerprint density at radius 1 is 1.33 bits per heavy atom. The van der Waals surface area contributed by atoms with Crippen LogP contribution in [-0.2, 0) is 12.8 Å². The van der Waals surface area contributed by atoms with Crippen LogP contribution in [0.5, 0.6) is 0 Å². The lowest BCUT2D eigenvalue weighted by Crippen LogP contribution is -2.45. The first-order valence-electron chi connectivity index (χ1n) is 7.84. The van der Waals surface area contributed by atoms with Crippen molar-refractivity contribution in [3.05, 3.63) is 22.9 Å². The van der Waals surface area contributed by atoms with Gasteiger partial charge in [0.1, 0.15) is 5.82 Å². The Balaban J connectivity index is 2.27. The van der Waals surface area contributed by atoms with Gasteiger partial charge in [0.25, 0.3) is 5.91 Å². The van der Waals surface area contributed by atoms with Crippen LogP contribution in [-0.4, -0.2) is 23.0 Å². The molecule has 0 saturated carbocycles. The SMILES string of the molecule is CCC(N)(CC)CNc1nc2c(cc1C(N)=O)CCCC2. The highest BCUT2D eigenvalue weighted by atomic mass is 16.1. The molecule has 0 radical (unpaired) electrons. The second-order valence-electron chi connectivity index (χ2n) is 5.98. The number of primary amides is 1. The molecule has 0 spiro atoms. The largest absolute Gasteiger partial charge is 0.368 e. The zero-order valence-electron chi connectivity index (χ0n) is 13.0. The summed E-state index contributed by atoms with van der Waals surface area (Å²) in [5.41, 5.74) is 14.2. The zero-order chi connectivity index (χ0) is 15.5. The van der Waals surface area contributed by atoms with Crippen molar-refractivity contribution in [1.29, 1.82) is 0 Å². The number of aryl methyl sites for hydroxylation is 2. The van der Waals surface area contributed by atoms with Crippen LogP contribution < -0.4 is 16.8 Å². The van der Waals surface area contributed by atoms with Gasteiger partial charge in [0, 0.05) is 17.8 Å². The highest BCUT2D eigenvalue weighted by molar-refractivity contribution is 5.97. The smallest absolute Gasteiger partial charge is 0.252 e. The molecule has 1 amide bonds. The third kappa shape index (κ3) is 3.53. The van der Waals surface area contributed by atoms with Crippen molar-refractivity contribution in [1.82, 2.24) is 4.98 Å². The number of fused-ring (bicyclic) bond motifs is 1. The van der Waals surface area contributed by atoms with Gasteiger partial charge in [0.15, 0.2) is 0 Å². The van der Waals surface area contributed by atoms with E-state index < -0.39 is 5.91 Å². The van der Waals surface area contributed by atoms with Gasteiger partial charge in [0.2, 0.25) is 0 Å². The fraction of sp³-hybridized carbons (Fsp3) is 0.625. The van der Waals surface area contributed by atoms with E-state index in [2.05, 4.69) is 24.1 Å². The minimum Gasteiger partial charge on any atom is -0.368 e. The molecule has 1 aliphatic rings. The molecule has 0 fully saturated rings. The highest BCUT2D eigenvalue weighted by Gasteiger charge is 2.22. The minimum atomic E-state index is -0.436. The van der Waals surface area contributed by atoms with Crippen LogP contribution in [0.3, 0.4) is 0 Å². The zero-order valence-corrected chi connectivity index (χ0v) is 13.0. The Bertz CT molecular complexity index is 523. The van der Waals surface area contributed by atoms with Crippen molar-refractivity contribution in [2.75, 3.05) is 11.9 Å². The number of hydrogen-bond acceptors (Lipinski definition) is 4. The first-order valence-corrected chi connectivity index (χ1v) is 7.84. The number of carbonyl (C=O) groups excluding carboxylic acids is 1. The van der Waals surface area contributed by atoms with E-state index in [0.717, 1.165) is 49.8 Å². The molecule has 5 N–H and O–H groups in total. The maximum absolute atomic E-state index is 11.7. The highest BCUT2D eigenvalue weighted by Crippen LogP contribution is 2.25. The van der Waals surface area contributed by atoms with Gasteiger partial charge in [-0.3, -0.25) is 4.79 Å². The van der Waals surface area contributed by atoms with Gasteiger partial charge in [-0.25, -0.2) is 4.98 Å². The maximum Gasteiger partial charge on any atom is 0.252 e. The van der Waals surface area contributed by atoms with Gasteiger partial charge in [0.05, 0.1) is 5.56 Å². The van der Waals surface area contributed by atoms with E-state index in [1.165, 1.54) is 0 Å². The van der Waals surface area contributed by atoms with Crippen molar-refractivity contribution in [3.63, 3.8) is 0 Å². The quantitative estimate of drug-likeness (QED) is 0.746. The maximum atomic E-state index is 11.7. The number of pyridine rings is 1. The van der Waals surface area contributed by atoms with Crippen molar-refractivity contribution in [3.8, 4) is 0 Å². The molecule has 1 aromatic rings. The van der Waals surface area contributed by atoms with Gasteiger partial charge in [-0.2, -0.15) is 0 Å². The lowest BCUT2D eigenvalue weighted by Gasteiger charge is -2.28. The van der Waals surface area contributed by atoms with Crippen LogP contribution in [0.15, 0.2) is 6.07 Å². The molecule has 21 heavy (non-hydrogen) atoms. The number of hydrogen-bond donors (Lipinski definition) is 3. The molecule has 1 aromatic heterocycles. The molecular weight excluding hydrogens is 264 g/mol. The molecule has 0 atom stereocenters. The molecule has 1 heterocycles. The molecule has 0 saturated heterocycles. The number of anilines is 1. The second-order valence-corrected chi connectivity index (χ2v) is 5.98. The fourth-order valence-corrected chi connectivity index (χ4v) is 2.72. The summed E-state index contributed by atoms with van der Waals surface area (Å²) in [6.45, 7) is 4.73. The third-order valence-corrected chi connectivity index (χ3v) is 4.58. The average Bonchev–Trinajstić information content (AvgIpc) is 2.51. The summed E-state index contributed by atoms with van der Waals surface area (Å²) in [4.78, 5) is 16.3. The Morgan fingerprint density at radius 3 is 2.62 bits per heavy atom. The van der Waals surface area contributed by atoms with Gasteiger partial charge in [-0.15, -0.1) is 0 Å². The number of carbonyl (C=O) groups is 1. The fourth-order valence-electron chi connectivity index (χ4n) is 2.72. The Labute approximate surface area is 126 Å². The number of nitrogens with zero attached hydrogens (tertiary/aromatic N) is 1. The van der Waals surface area contributed by atoms with E-state index in [-0.39, 0.29) is 5.54 Å². The van der Waals surface area contributed by atoms with Gasteiger partial charge >= 0.3 is 0 Å². The van der Waals surface area contributed by atoms with E-state index in [1.54, 1.807) is 0 Å². The topological polar surface area (TPSA) is 94.0 Å². The minimum absolute atomic E-state index is 0.285. The Kier molecular flexibility index (Phi) is 4.83. The lowest BCUT2D eigenvalue weighted by molar-refractivity contribution is 0.100. The normalized spacial score (nSPS) is 14.6. The third-order valence-electron chi connectivity index (χ3n) is 4.58. The molecular formula is C16H26N4O. The van der Waals surface area contributed by atoms with Crippen LogP contribution in [0, 0.1) is 0 Å². The molecule has 0 unspecified atom stereocenters. The predicted molar refractivity (Wildman–Crippen MR) is 85.4 cm³/mol. The first kappa shape index (κ1) is 15.8. The standard InChI is InChI=1S/C16H26N4O/c1-3-16(18,4-2)10-19-15-12(14(17)21)9-11-7-5-6-8-13(11)20-15/h9H,3-8,10,18H2,1-2H3,(H2,17,21)(H,19,20). The van der Waals surface area contributed by atoms with E-state index in [0.29, 0.717) is 17.9 Å². The van der Waals surface area contributed by atoms with Crippen molar-refractivity contribution in [2.45, 2.75) is 57.9 Å². The lowest BCUT2D eigenvalue weighted by atomic mass is 9.93. The van der Waals surface area contributed by atoms with E-state index >= 15 is 0 Å². The summed E-state index contributed by atoms with van der Waals surface area (Å²) in [5.74, 6) is 0.147. The molecule has 116 valence electrons. The number of aromatic nitrogens is 1. The summed E-state index contributed by atoms with van der Waals surface area (Å²) in [5, 5.41) is 3.25. The van der Waals surface area contributed by atoms with E-state index in [1.807, 2.05) is 6.07 Å². The monoisotopic (exact) mass is 290 g/mol. The summed E-state index contributed by atoms with van der Waals surface area (Å²) < 4.78 is 0. The molecule has 0 aliphatic heterocycles.